The van der Waals surface area contributed by atoms with Crippen molar-refractivity contribution >= 4 is 33.4 Å². The third kappa shape index (κ3) is 4.95. The molecular formula is C27H33N3O4S. The van der Waals surface area contributed by atoms with Gasteiger partial charge >= 0.3 is 0 Å². The van der Waals surface area contributed by atoms with Gasteiger partial charge in [-0.1, -0.05) is 18.2 Å². The normalized spacial score (nSPS) is 27.2. The summed E-state index contributed by atoms with van der Waals surface area (Å²) in [5, 5.41) is 6.85. The van der Waals surface area contributed by atoms with Gasteiger partial charge in [-0.3, -0.25) is 4.79 Å². The number of methoxy groups -OCH3 is 1. The fourth-order valence-electron chi connectivity index (χ4n) is 6.71. The summed E-state index contributed by atoms with van der Waals surface area (Å²) in [4.78, 5) is 12.8. The Morgan fingerprint density at radius 1 is 1.00 bits per heavy atom. The molecule has 4 saturated carbocycles. The molecular weight excluding hydrogens is 462 g/mol. The lowest BCUT2D eigenvalue weighted by atomic mass is 9.53. The number of carbonyl (C=O) groups is 1. The third-order valence-electron chi connectivity index (χ3n) is 7.80. The van der Waals surface area contributed by atoms with Crippen LogP contribution in [0.4, 0.5) is 11.4 Å². The molecule has 1 amide bonds. The first-order valence-corrected chi connectivity index (χ1v) is 13.8. The number of anilines is 2. The molecule has 4 fully saturated rings. The molecule has 0 saturated heterocycles. The molecule has 186 valence electrons. The average Bonchev–Trinajstić information content (AvgIpc) is 2.83. The fourth-order valence-corrected chi connectivity index (χ4v) is 7.64. The SMILES string of the molecule is CNS(=O)(=O)c1cc(/C=C/C(=O)Nc2ccccc2NC23CC4CC(CC(C4)C2)C3)ccc1OC. The number of hydrogen-bond acceptors (Lipinski definition) is 5. The molecule has 8 heteroatoms. The maximum atomic E-state index is 12.8. The number of sulfonamides is 1. The summed E-state index contributed by atoms with van der Waals surface area (Å²) >= 11 is 0. The Balaban J connectivity index is 1.31. The zero-order valence-corrected chi connectivity index (χ0v) is 21.0. The number of carbonyl (C=O) groups excluding carboxylic acids is 1. The van der Waals surface area contributed by atoms with E-state index in [4.69, 9.17) is 4.74 Å². The standard InChI is InChI=1S/C27H33N3O4S/c1-28-35(32,33)25-14-18(7-9-24(25)34-2)8-10-26(31)29-22-5-3-4-6-23(22)30-27-15-19-11-20(16-27)13-21(12-19)17-27/h3-10,14,19-21,28,30H,11-13,15-17H2,1-2H3,(H,29,31)/b10-8+. The van der Waals surface area contributed by atoms with Gasteiger partial charge in [0.05, 0.1) is 18.5 Å². The second-order valence-electron chi connectivity index (χ2n) is 10.3. The van der Waals surface area contributed by atoms with Crippen LogP contribution < -0.4 is 20.1 Å². The van der Waals surface area contributed by atoms with Gasteiger partial charge in [0.25, 0.3) is 0 Å². The van der Waals surface area contributed by atoms with Gasteiger partial charge in [0.2, 0.25) is 15.9 Å². The molecule has 7 nitrogen and oxygen atoms in total. The first-order valence-electron chi connectivity index (χ1n) is 12.3. The van der Waals surface area contributed by atoms with Crippen molar-refractivity contribution in [1.82, 2.24) is 4.72 Å². The van der Waals surface area contributed by atoms with Gasteiger partial charge < -0.3 is 15.4 Å². The van der Waals surface area contributed by atoms with Crippen LogP contribution in [-0.4, -0.2) is 34.0 Å². The Bertz CT molecular complexity index is 1220. The van der Waals surface area contributed by atoms with Crippen molar-refractivity contribution in [2.45, 2.75) is 49.0 Å². The molecule has 0 radical (unpaired) electrons. The number of hydrogen-bond donors (Lipinski definition) is 3. The Labute approximate surface area is 207 Å². The lowest BCUT2D eigenvalue weighted by molar-refractivity contribution is -0.111. The number of ether oxygens (including phenoxy) is 1. The minimum Gasteiger partial charge on any atom is -0.495 e. The van der Waals surface area contributed by atoms with Crippen LogP contribution in [0.2, 0.25) is 0 Å². The topological polar surface area (TPSA) is 96.5 Å². The first kappa shape index (κ1) is 23.9. The second-order valence-corrected chi connectivity index (χ2v) is 12.2. The second kappa shape index (κ2) is 9.32. The monoisotopic (exact) mass is 495 g/mol. The Morgan fingerprint density at radius 2 is 1.63 bits per heavy atom. The van der Waals surface area contributed by atoms with E-state index < -0.39 is 10.0 Å². The van der Waals surface area contributed by atoms with Crippen molar-refractivity contribution in [2.24, 2.45) is 17.8 Å². The average molecular weight is 496 g/mol. The van der Waals surface area contributed by atoms with E-state index in [1.54, 1.807) is 18.2 Å². The summed E-state index contributed by atoms with van der Waals surface area (Å²) in [5.74, 6) is 2.46. The molecule has 3 N–H and O–H groups in total. The van der Waals surface area contributed by atoms with Crippen molar-refractivity contribution in [2.75, 3.05) is 24.8 Å². The van der Waals surface area contributed by atoms with Crippen molar-refractivity contribution < 1.29 is 17.9 Å². The van der Waals surface area contributed by atoms with Crippen molar-refractivity contribution in [3.05, 3.63) is 54.1 Å². The zero-order valence-electron chi connectivity index (χ0n) is 20.2. The van der Waals surface area contributed by atoms with Crippen LogP contribution >= 0.6 is 0 Å². The van der Waals surface area contributed by atoms with Crippen LogP contribution in [0.5, 0.6) is 5.75 Å². The van der Waals surface area contributed by atoms with E-state index in [0.717, 1.165) is 29.1 Å². The van der Waals surface area contributed by atoms with E-state index in [1.807, 2.05) is 24.3 Å². The van der Waals surface area contributed by atoms with Crippen molar-refractivity contribution in [3.8, 4) is 5.75 Å². The Morgan fingerprint density at radius 3 is 2.23 bits per heavy atom. The highest BCUT2D eigenvalue weighted by molar-refractivity contribution is 7.89. The maximum Gasteiger partial charge on any atom is 0.248 e. The Hall–Kier alpha value is -2.84. The summed E-state index contributed by atoms with van der Waals surface area (Å²) < 4.78 is 32.1. The van der Waals surface area contributed by atoms with Gasteiger partial charge in [-0.15, -0.1) is 0 Å². The molecule has 0 spiro atoms. The molecule has 4 bridgehead atoms. The van der Waals surface area contributed by atoms with E-state index in [-0.39, 0.29) is 22.1 Å². The van der Waals surface area contributed by atoms with Gasteiger partial charge in [0, 0.05) is 11.6 Å². The van der Waals surface area contributed by atoms with Gasteiger partial charge in [-0.05, 0) is 99.2 Å². The first-order chi connectivity index (χ1) is 16.8. The van der Waals surface area contributed by atoms with Crippen molar-refractivity contribution in [1.29, 1.82) is 0 Å². The van der Waals surface area contributed by atoms with E-state index in [9.17, 15) is 13.2 Å². The third-order valence-corrected chi connectivity index (χ3v) is 9.23. The van der Waals surface area contributed by atoms with Gasteiger partial charge in [0.15, 0.2) is 0 Å². The molecule has 2 aromatic rings. The predicted octanol–water partition coefficient (Wildman–Crippen LogP) is 4.64. The zero-order chi connectivity index (χ0) is 24.6. The van der Waals surface area contributed by atoms with E-state index in [0.29, 0.717) is 5.56 Å². The smallest absolute Gasteiger partial charge is 0.248 e. The summed E-state index contributed by atoms with van der Waals surface area (Å²) in [5.41, 5.74) is 2.44. The number of amides is 1. The van der Waals surface area contributed by atoms with E-state index in [1.165, 1.54) is 64.8 Å². The highest BCUT2D eigenvalue weighted by Gasteiger charge is 2.51. The van der Waals surface area contributed by atoms with Gasteiger partial charge in [0.1, 0.15) is 10.6 Å². The summed E-state index contributed by atoms with van der Waals surface area (Å²) in [6.45, 7) is 0. The van der Waals surface area contributed by atoms with Crippen LogP contribution in [0.1, 0.15) is 44.1 Å². The number of para-hydroxylation sites is 2. The molecule has 4 aliphatic carbocycles. The molecule has 0 aromatic heterocycles. The van der Waals surface area contributed by atoms with Crippen LogP contribution in [-0.2, 0) is 14.8 Å². The highest BCUT2D eigenvalue weighted by Crippen LogP contribution is 2.56. The molecule has 35 heavy (non-hydrogen) atoms. The Kier molecular flexibility index (Phi) is 6.36. The van der Waals surface area contributed by atoms with Crippen molar-refractivity contribution in [3.63, 3.8) is 0 Å². The van der Waals surface area contributed by atoms with Gasteiger partial charge in [-0.2, -0.15) is 0 Å². The lowest BCUT2D eigenvalue weighted by Crippen LogP contribution is -2.54. The molecule has 0 atom stereocenters. The highest BCUT2D eigenvalue weighted by atomic mass is 32.2. The maximum absolute atomic E-state index is 12.8. The predicted molar refractivity (Wildman–Crippen MR) is 138 cm³/mol. The lowest BCUT2D eigenvalue weighted by Gasteiger charge is -2.57. The van der Waals surface area contributed by atoms with Crippen LogP contribution in [0.25, 0.3) is 6.08 Å². The minimum atomic E-state index is -3.70. The summed E-state index contributed by atoms with van der Waals surface area (Å²) in [6, 6.07) is 12.6. The molecule has 0 aliphatic heterocycles. The summed E-state index contributed by atoms with van der Waals surface area (Å²) in [6.07, 6.45) is 10.8. The van der Waals surface area contributed by atoms with E-state index >= 15 is 0 Å². The largest absolute Gasteiger partial charge is 0.495 e. The molecule has 0 unspecified atom stereocenters. The molecule has 6 rings (SSSR count). The summed E-state index contributed by atoms with van der Waals surface area (Å²) in [7, 11) is -0.931. The minimum absolute atomic E-state index is 0.0233. The van der Waals surface area contributed by atoms with Crippen LogP contribution in [0.3, 0.4) is 0 Å². The number of nitrogens with one attached hydrogen (secondary N) is 3. The molecule has 2 aromatic carbocycles. The molecule has 0 heterocycles. The van der Waals surface area contributed by atoms with Gasteiger partial charge in [-0.25, -0.2) is 13.1 Å². The van der Waals surface area contributed by atoms with Crippen LogP contribution in [0, 0.1) is 17.8 Å². The fraction of sp³-hybridized carbons (Fsp3) is 0.444. The van der Waals surface area contributed by atoms with E-state index in [2.05, 4.69) is 15.4 Å². The van der Waals surface area contributed by atoms with Crippen LogP contribution in [0.15, 0.2) is 53.4 Å². The quantitative estimate of drug-likeness (QED) is 0.464. The molecule has 4 aliphatic rings. The number of benzene rings is 2. The number of rotatable bonds is 8.